The van der Waals surface area contributed by atoms with E-state index in [-0.39, 0.29) is 56.2 Å². The van der Waals surface area contributed by atoms with Crippen molar-refractivity contribution in [3.63, 3.8) is 0 Å². The summed E-state index contributed by atoms with van der Waals surface area (Å²) < 4.78 is 31.6. The number of aromatic hydroxyl groups is 2. The second-order valence-corrected chi connectivity index (χ2v) is 22.1. The van der Waals surface area contributed by atoms with Gasteiger partial charge in [0, 0.05) is 92.3 Å². The molecule has 10 rings (SSSR count). The fraction of sp³-hybridized carbons (Fsp3) is 0.475. The third kappa shape index (κ3) is 10.5. The third-order valence-corrected chi connectivity index (χ3v) is 16.0. The van der Waals surface area contributed by atoms with Gasteiger partial charge in [-0.15, -0.1) is 5.10 Å². The fourth-order valence-electron chi connectivity index (χ4n) is 11.3. The number of fused-ring (bicyclic) bond motifs is 14. The maximum Gasteiger partial charge on any atom is 0.328 e. The molecule has 5 aliphatic heterocycles. The average molecular weight is 1070 g/mol. The van der Waals surface area contributed by atoms with Crippen LogP contribution in [-0.4, -0.2) is 128 Å². The summed E-state index contributed by atoms with van der Waals surface area (Å²) >= 11 is 0. The zero-order valence-electron chi connectivity index (χ0n) is 46.1. The van der Waals surface area contributed by atoms with Gasteiger partial charge < -0.3 is 54.3 Å². The molecule has 0 unspecified atom stereocenters. The molecule has 5 bridgehead atoms. The van der Waals surface area contributed by atoms with E-state index in [2.05, 4.69) is 34.4 Å². The molecule has 1 aromatic heterocycles. The van der Waals surface area contributed by atoms with Gasteiger partial charge in [-0.2, -0.15) is 0 Å². The second kappa shape index (κ2) is 21.9. The van der Waals surface area contributed by atoms with E-state index in [1.54, 1.807) is 79.2 Å². The number of piperidine rings is 1. The number of allylic oxidation sites excluding steroid dienone is 2. The molecule has 1 fully saturated rings. The Balaban J connectivity index is 1.07. The number of esters is 1. The number of nitrogens with one attached hydrogen (secondary N) is 1. The van der Waals surface area contributed by atoms with Crippen LogP contribution in [0.4, 0.5) is 5.69 Å². The smallest absolute Gasteiger partial charge is 0.328 e. The zero-order chi connectivity index (χ0) is 56.1. The van der Waals surface area contributed by atoms with Gasteiger partial charge >= 0.3 is 11.8 Å². The number of aliphatic hydroxyl groups is 2. The van der Waals surface area contributed by atoms with Gasteiger partial charge in [0.1, 0.15) is 46.6 Å². The van der Waals surface area contributed by atoms with Crippen molar-refractivity contribution in [1.29, 1.82) is 0 Å². The van der Waals surface area contributed by atoms with Crippen LogP contribution in [0.3, 0.4) is 0 Å². The first kappa shape index (κ1) is 55.6. The molecule has 5 N–H and O–H groups in total. The number of methoxy groups -OCH3 is 2. The number of likely N-dealkylation sites (tertiary alicyclic amines) is 1. The number of ether oxygens (including phenoxy) is 5. The number of aromatic nitrogens is 3. The van der Waals surface area contributed by atoms with Crippen LogP contribution in [0.25, 0.3) is 32.8 Å². The monoisotopic (exact) mass is 1070 g/mol. The minimum Gasteiger partial charge on any atom is -0.507 e. The van der Waals surface area contributed by atoms with E-state index < -0.39 is 88.7 Å². The number of rotatable bonds is 8. The van der Waals surface area contributed by atoms with E-state index >= 15 is 4.79 Å². The number of hydrogen-bond donors (Lipinski definition) is 5. The number of carbonyl (C=O) groups is 3. The highest BCUT2D eigenvalue weighted by Gasteiger charge is 2.50. The highest BCUT2D eigenvalue weighted by atomic mass is 16.7. The normalized spacial score (nSPS) is 28.1. The van der Waals surface area contributed by atoms with Crippen LogP contribution < -0.4 is 25.5 Å². The van der Waals surface area contributed by atoms with Crippen LogP contribution in [0, 0.1) is 36.5 Å². The Bertz CT molecular complexity index is 3400. The highest BCUT2D eigenvalue weighted by molar-refractivity contribution is 6.19. The van der Waals surface area contributed by atoms with Crippen LogP contribution in [0.2, 0.25) is 0 Å². The lowest BCUT2D eigenvalue weighted by molar-refractivity contribution is -0.164. The zero-order valence-corrected chi connectivity index (χ0v) is 46.1. The first-order valence-electron chi connectivity index (χ1n) is 26.6. The minimum atomic E-state index is -2.02. The van der Waals surface area contributed by atoms with Gasteiger partial charge in [0.2, 0.25) is 0 Å². The van der Waals surface area contributed by atoms with Crippen molar-refractivity contribution in [2.75, 3.05) is 39.2 Å². The topological polar surface area (TPSA) is 249 Å². The number of phenolic OH excluding ortho intramolecular Hbond substituents is 2. The first-order valence-corrected chi connectivity index (χ1v) is 26.6. The minimum absolute atomic E-state index is 0.0132. The number of anilines is 1. The molecule has 4 aromatic carbocycles. The number of Topliss-reactive ketones (excluding diaryl/α,β-unsaturated/α-hetero) is 1. The predicted molar refractivity (Wildman–Crippen MR) is 292 cm³/mol. The van der Waals surface area contributed by atoms with Crippen molar-refractivity contribution >= 4 is 44.9 Å². The molecule has 6 heterocycles. The average Bonchev–Trinajstić information content (AvgIpc) is 4.09. The SMILES string of the molecule is COc1ccc2cc(-c3cn(CC(=O)O[C@H]4[C@H](C)[C@H](O)[C@H](C)[C@@H](O)[C@@H](C)/C=C/C=C(/C)C(=O)Nc5c(O)c6c(O)c(C)c7c(c6c6c5=NC5(CCN(CC(C)C)CC5)N=6)C(=O)[C@@](C)(O/C=C/[C@H](OC)[C@H]4C)O7)nn3)ccc2c1. The standard InChI is InChI=1S/C59H71N7O12/c1-30(2)27-65-22-20-59(21-23-65)61-47-44-45-52(70)36(8)55-46(44)56(72)58(9,78-55)76-24-19-42(75-11)33(5)54(77-43(67)29-66-28-41(63-64-66)39-16-15-38-26-40(74-10)18-17-37(38)25-39)35(7)51(69)34(6)50(68)31(3)13-12-14-32(4)57(73)60-49(53(45)71)48(47)62-59/h12-19,24-26,28,30-31,33-35,42,50-51,54,68-71H,20-23,27,29H2,1-11H3,(H,60,73)/b13-12+,24-19+,32-14-/t31-,33+,34+,35+,42-,50-,51+,54+,58-/m0/s1. The summed E-state index contributed by atoms with van der Waals surface area (Å²) in [5.41, 5.74) is 0.636. The maximum atomic E-state index is 15.0. The molecule has 19 heteroatoms. The van der Waals surface area contributed by atoms with Gasteiger partial charge in [-0.1, -0.05) is 83.2 Å². The number of phenols is 2. The second-order valence-electron chi connectivity index (χ2n) is 22.1. The fourth-order valence-corrected chi connectivity index (χ4v) is 11.3. The van der Waals surface area contributed by atoms with Crippen molar-refractivity contribution in [1.82, 2.24) is 19.9 Å². The van der Waals surface area contributed by atoms with Crippen molar-refractivity contribution in [3.8, 4) is 34.3 Å². The largest absolute Gasteiger partial charge is 0.507 e. The molecule has 5 aliphatic rings. The number of hydrogen-bond acceptors (Lipinski definition) is 17. The molecule has 78 heavy (non-hydrogen) atoms. The van der Waals surface area contributed by atoms with Gasteiger partial charge in [-0.3, -0.25) is 24.4 Å². The summed E-state index contributed by atoms with van der Waals surface area (Å²) in [6.45, 7) is 17.8. The molecule has 5 aromatic rings. The number of aliphatic hydroxyl groups excluding tert-OH is 2. The van der Waals surface area contributed by atoms with E-state index in [1.165, 1.54) is 25.0 Å². The predicted octanol–water partition coefficient (Wildman–Crippen LogP) is 6.85. The Morgan fingerprint density at radius 3 is 2.31 bits per heavy atom. The van der Waals surface area contributed by atoms with Gasteiger partial charge in [-0.25, -0.2) is 4.68 Å². The Morgan fingerprint density at radius 2 is 1.60 bits per heavy atom. The van der Waals surface area contributed by atoms with Crippen molar-refractivity contribution in [3.05, 3.63) is 101 Å². The summed E-state index contributed by atoms with van der Waals surface area (Å²) in [6, 6.07) is 11.6. The Kier molecular flexibility index (Phi) is 15.6. The number of benzene rings is 4. The Hall–Kier alpha value is -7.19. The lowest BCUT2D eigenvalue weighted by atomic mass is 9.78. The number of nitrogens with zero attached hydrogens (tertiary/aromatic N) is 6. The summed E-state index contributed by atoms with van der Waals surface area (Å²) in [5, 5.41) is 61.8. The first-order chi connectivity index (χ1) is 37.1. The summed E-state index contributed by atoms with van der Waals surface area (Å²) in [4.78, 5) is 55.9. The quantitative estimate of drug-likeness (QED) is 0.0788. The molecule has 19 nitrogen and oxygen atoms in total. The van der Waals surface area contributed by atoms with Crippen LogP contribution in [-0.2, 0) is 30.3 Å². The van der Waals surface area contributed by atoms with E-state index in [1.807, 2.05) is 36.4 Å². The van der Waals surface area contributed by atoms with Gasteiger partial charge in [0.25, 0.3) is 11.7 Å². The molecule has 0 radical (unpaired) electrons. The van der Waals surface area contributed by atoms with E-state index in [9.17, 15) is 30.0 Å². The molecule has 0 aliphatic carbocycles. The maximum absolute atomic E-state index is 15.0. The summed E-state index contributed by atoms with van der Waals surface area (Å²) in [5.74, 6) is -6.42. The Morgan fingerprint density at radius 1 is 0.897 bits per heavy atom. The molecular weight excluding hydrogens is 999 g/mol. The number of amides is 1. The molecule has 1 amide bonds. The lowest BCUT2D eigenvalue weighted by Crippen LogP contribution is -2.47. The third-order valence-electron chi connectivity index (χ3n) is 16.0. The van der Waals surface area contributed by atoms with Crippen LogP contribution >= 0.6 is 0 Å². The highest BCUT2D eigenvalue weighted by Crippen LogP contribution is 2.50. The molecule has 1 saturated heterocycles. The number of ketones is 1. The van der Waals surface area contributed by atoms with Gasteiger partial charge in [-0.05, 0) is 54.8 Å². The number of carbonyl (C=O) groups excluding carboxylic acids is 3. The molecule has 0 saturated carbocycles. The molecule has 9 atom stereocenters. The van der Waals surface area contributed by atoms with Crippen LogP contribution in [0.1, 0.15) is 84.2 Å². The lowest BCUT2D eigenvalue weighted by Gasteiger charge is -2.38. The van der Waals surface area contributed by atoms with Crippen molar-refractivity contribution < 1.29 is 58.5 Å². The molecular formula is C59H71N7O12. The van der Waals surface area contributed by atoms with Crippen molar-refractivity contribution in [2.45, 2.75) is 118 Å². The molecule has 1 spiro atoms. The summed E-state index contributed by atoms with van der Waals surface area (Å²) in [7, 11) is 3.08. The van der Waals surface area contributed by atoms with Crippen molar-refractivity contribution in [2.24, 2.45) is 39.6 Å². The molecule has 414 valence electrons. The summed E-state index contributed by atoms with van der Waals surface area (Å²) in [6.07, 6.45) is 6.16. The van der Waals surface area contributed by atoms with E-state index in [4.69, 9.17) is 33.7 Å². The van der Waals surface area contributed by atoms with Crippen LogP contribution in [0.5, 0.6) is 23.0 Å². The van der Waals surface area contributed by atoms with Gasteiger partial charge in [0.15, 0.2) is 11.4 Å². The van der Waals surface area contributed by atoms with E-state index in [0.29, 0.717) is 37.5 Å². The van der Waals surface area contributed by atoms with Crippen LogP contribution in [0.15, 0.2) is 88.7 Å². The van der Waals surface area contributed by atoms with E-state index in [0.717, 1.165) is 28.6 Å². The van der Waals surface area contributed by atoms with Gasteiger partial charge in [0.05, 0.1) is 54.2 Å². The Labute approximate surface area is 452 Å².